The van der Waals surface area contributed by atoms with Gasteiger partial charge >= 0.3 is 0 Å². The Bertz CT molecular complexity index is 370. The summed E-state index contributed by atoms with van der Waals surface area (Å²) in [4.78, 5) is 2.30. The highest BCUT2D eigenvalue weighted by molar-refractivity contribution is 9.10. The van der Waals surface area contributed by atoms with Crippen molar-refractivity contribution in [2.24, 2.45) is 0 Å². The summed E-state index contributed by atoms with van der Waals surface area (Å²) in [6.07, 6.45) is 1.12. The maximum atomic E-state index is 13.1. The fourth-order valence-electron chi connectivity index (χ4n) is 2.02. The van der Waals surface area contributed by atoms with Crippen LogP contribution in [0.5, 0.6) is 0 Å². The van der Waals surface area contributed by atoms with Crippen molar-refractivity contribution in [3.05, 3.63) is 28.5 Å². The van der Waals surface area contributed by atoms with Gasteiger partial charge in [0.15, 0.2) is 0 Å². The molecule has 16 heavy (non-hydrogen) atoms. The molecule has 88 valence electrons. The number of piperazine rings is 1. The summed E-state index contributed by atoms with van der Waals surface area (Å²) in [6.45, 7) is 5.15. The van der Waals surface area contributed by atoms with Crippen molar-refractivity contribution in [2.45, 2.75) is 19.4 Å². The number of halogens is 2. The molecule has 2 rings (SSSR count). The summed E-state index contributed by atoms with van der Waals surface area (Å²) >= 11 is 3.23. The fraction of sp³-hybridized carbons (Fsp3) is 0.500. The summed E-state index contributed by atoms with van der Waals surface area (Å²) in [5, 5.41) is 3.47. The highest BCUT2D eigenvalue weighted by Crippen LogP contribution is 2.24. The third-order valence-corrected chi connectivity index (χ3v) is 3.62. The smallest absolute Gasteiger partial charge is 0.137 e. The van der Waals surface area contributed by atoms with Gasteiger partial charge in [-0.05, 0) is 40.5 Å². The molecule has 0 aliphatic carbocycles. The molecule has 1 fully saturated rings. The van der Waals surface area contributed by atoms with E-state index >= 15 is 0 Å². The Labute approximate surface area is 104 Å². The Balaban J connectivity index is 2.13. The SMILES string of the molecule is CCC1CN(c2ccc(F)c(Br)c2)CCN1. The lowest BCUT2D eigenvalue weighted by molar-refractivity contribution is 0.447. The topological polar surface area (TPSA) is 15.3 Å². The lowest BCUT2D eigenvalue weighted by atomic mass is 10.1. The predicted molar refractivity (Wildman–Crippen MR) is 68.4 cm³/mol. The number of benzene rings is 1. The number of hydrogen-bond acceptors (Lipinski definition) is 2. The van der Waals surface area contributed by atoms with Gasteiger partial charge in [-0.1, -0.05) is 6.92 Å². The van der Waals surface area contributed by atoms with Crippen LogP contribution in [0.2, 0.25) is 0 Å². The molecule has 1 aromatic carbocycles. The van der Waals surface area contributed by atoms with E-state index < -0.39 is 0 Å². The van der Waals surface area contributed by atoms with Crippen LogP contribution in [0.25, 0.3) is 0 Å². The molecule has 2 nitrogen and oxygen atoms in total. The van der Waals surface area contributed by atoms with E-state index in [4.69, 9.17) is 0 Å². The minimum atomic E-state index is -0.203. The van der Waals surface area contributed by atoms with Gasteiger partial charge in [0.25, 0.3) is 0 Å². The molecule has 0 amide bonds. The molecule has 1 aromatic rings. The van der Waals surface area contributed by atoms with Gasteiger partial charge in [-0.15, -0.1) is 0 Å². The van der Waals surface area contributed by atoms with E-state index in [2.05, 4.69) is 33.1 Å². The van der Waals surface area contributed by atoms with E-state index in [1.165, 1.54) is 6.07 Å². The van der Waals surface area contributed by atoms with Crippen LogP contribution in [0.15, 0.2) is 22.7 Å². The van der Waals surface area contributed by atoms with E-state index in [1.54, 1.807) is 0 Å². The molecule has 0 bridgehead atoms. The van der Waals surface area contributed by atoms with Crippen molar-refractivity contribution in [3.63, 3.8) is 0 Å². The second kappa shape index (κ2) is 5.15. The van der Waals surface area contributed by atoms with Gasteiger partial charge < -0.3 is 10.2 Å². The van der Waals surface area contributed by atoms with Gasteiger partial charge in [0, 0.05) is 31.4 Å². The normalized spacial score (nSPS) is 21.2. The van der Waals surface area contributed by atoms with Crippen molar-refractivity contribution >= 4 is 21.6 Å². The number of nitrogens with one attached hydrogen (secondary N) is 1. The van der Waals surface area contributed by atoms with Crippen molar-refractivity contribution in [1.29, 1.82) is 0 Å². The van der Waals surface area contributed by atoms with Gasteiger partial charge in [0.2, 0.25) is 0 Å². The molecule has 1 atom stereocenters. The van der Waals surface area contributed by atoms with E-state index in [-0.39, 0.29) is 5.82 Å². The Kier molecular flexibility index (Phi) is 3.82. The van der Waals surface area contributed by atoms with Crippen LogP contribution >= 0.6 is 15.9 Å². The van der Waals surface area contributed by atoms with Gasteiger partial charge in [-0.2, -0.15) is 0 Å². The minimum absolute atomic E-state index is 0.203. The van der Waals surface area contributed by atoms with Gasteiger partial charge in [0.1, 0.15) is 5.82 Å². The first-order valence-corrected chi connectivity index (χ1v) is 6.43. The van der Waals surface area contributed by atoms with Crippen LogP contribution in [0.1, 0.15) is 13.3 Å². The molecule has 1 unspecified atom stereocenters. The molecule has 0 saturated carbocycles. The van der Waals surface area contributed by atoms with Crippen LogP contribution in [0, 0.1) is 5.82 Å². The highest BCUT2D eigenvalue weighted by Gasteiger charge is 2.18. The summed E-state index contributed by atoms with van der Waals surface area (Å²) < 4.78 is 13.7. The molecule has 1 saturated heterocycles. The first kappa shape index (κ1) is 11.9. The number of anilines is 1. The molecule has 0 spiro atoms. The molecular formula is C12H16BrFN2. The molecule has 1 aliphatic heterocycles. The maximum Gasteiger partial charge on any atom is 0.137 e. The zero-order chi connectivity index (χ0) is 11.5. The number of hydrogen-bond donors (Lipinski definition) is 1. The van der Waals surface area contributed by atoms with Gasteiger partial charge in [-0.25, -0.2) is 4.39 Å². The van der Waals surface area contributed by atoms with E-state index in [0.29, 0.717) is 10.5 Å². The Hall–Kier alpha value is -0.610. The zero-order valence-corrected chi connectivity index (χ0v) is 10.9. The summed E-state index contributed by atoms with van der Waals surface area (Å²) in [5.41, 5.74) is 1.09. The van der Waals surface area contributed by atoms with E-state index in [9.17, 15) is 4.39 Å². The van der Waals surface area contributed by atoms with Crippen LogP contribution in [-0.2, 0) is 0 Å². The molecule has 4 heteroatoms. The standard InChI is InChI=1S/C12H16BrFN2/c1-2-9-8-16(6-5-15-9)10-3-4-12(14)11(13)7-10/h3-4,7,9,15H,2,5-6,8H2,1H3. The minimum Gasteiger partial charge on any atom is -0.369 e. The second-order valence-electron chi connectivity index (χ2n) is 4.10. The number of nitrogens with zero attached hydrogens (tertiary/aromatic N) is 1. The molecule has 1 aliphatic rings. The molecule has 0 aromatic heterocycles. The van der Waals surface area contributed by atoms with E-state index in [0.717, 1.165) is 31.7 Å². The van der Waals surface area contributed by atoms with Crippen molar-refractivity contribution in [3.8, 4) is 0 Å². The largest absolute Gasteiger partial charge is 0.369 e. The fourth-order valence-corrected chi connectivity index (χ4v) is 2.38. The average molecular weight is 287 g/mol. The predicted octanol–water partition coefficient (Wildman–Crippen LogP) is 2.78. The summed E-state index contributed by atoms with van der Waals surface area (Å²) in [5.74, 6) is -0.203. The lowest BCUT2D eigenvalue weighted by Crippen LogP contribution is -2.50. The first-order valence-electron chi connectivity index (χ1n) is 5.64. The third kappa shape index (κ3) is 2.55. The van der Waals surface area contributed by atoms with Gasteiger partial charge in [0.05, 0.1) is 4.47 Å². The average Bonchev–Trinajstić information content (AvgIpc) is 2.33. The van der Waals surface area contributed by atoms with Crippen LogP contribution in [-0.4, -0.2) is 25.7 Å². The lowest BCUT2D eigenvalue weighted by Gasteiger charge is -2.35. The van der Waals surface area contributed by atoms with Crippen molar-refractivity contribution in [1.82, 2.24) is 5.32 Å². The van der Waals surface area contributed by atoms with Crippen LogP contribution < -0.4 is 10.2 Å². The molecule has 1 N–H and O–H groups in total. The second-order valence-corrected chi connectivity index (χ2v) is 4.96. The molecule has 0 radical (unpaired) electrons. The highest BCUT2D eigenvalue weighted by atomic mass is 79.9. The molecular weight excluding hydrogens is 271 g/mol. The monoisotopic (exact) mass is 286 g/mol. The summed E-state index contributed by atoms with van der Waals surface area (Å²) in [7, 11) is 0. The third-order valence-electron chi connectivity index (χ3n) is 3.02. The van der Waals surface area contributed by atoms with Crippen molar-refractivity contribution in [2.75, 3.05) is 24.5 Å². The first-order chi connectivity index (χ1) is 7.70. The Morgan fingerprint density at radius 2 is 2.38 bits per heavy atom. The molecule has 1 heterocycles. The number of rotatable bonds is 2. The van der Waals surface area contributed by atoms with Crippen molar-refractivity contribution < 1.29 is 4.39 Å². The Morgan fingerprint density at radius 1 is 1.56 bits per heavy atom. The van der Waals surface area contributed by atoms with E-state index in [1.807, 2.05) is 12.1 Å². The summed E-state index contributed by atoms with van der Waals surface area (Å²) in [6, 6.07) is 5.76. The van der Waals surface area contributed by atoms with Crippen LogP contribution in [0.3, 0.4) is 0 Å². The Morgan fingerprint density at radius 3 is 3.06 bits per heavy atom. The quantitative estimate of drug-likeness (QED) is 0.899. The van der Waals surface area contributed by atoms with Gasteiger partial charge in [-0.3, -0.25) is 0 Å². The van der Waals surface area contributed by atoms with Crippen LogP contribution in [0.4, 0.5) is 10.1 Å². The maximum absolute atomic E-state index is 13.1. The zero-order valence-electron chi connectivity index (χ0n) is 9.34.